The Kier molecular flexibility index (Phi) is 6.53. The summed E-state index contributed by atoms with van der Waals surface area (Å²) < 4.78 is 37.1. The van der Waals surface area contributed by atoms with Crippen LogP contribution in [0.15, 0.2) is 0 Å². The number of halogens is 3. The summed E-state index contributed by atoms with van der Waals surface area (Å²) in [6.45, 7) is 6.72. The average Bonchev–Trinajstić information content (AvgIpc) is 2.40. The minimum atomic E-state index is -5.08. The molecule has 8 heteroatoms. The average molecular weight is 284 g/mol. The summed E-state index contributed by atoms with van der Waals surface area (Å²) in [6.07, 6.45) is -2.61. The Morgan fingerprint density at radius 3 is 2.11 bits per heavy atom. The maximum atomic E-state index is 10.6. The number of ether oxygens (including phenoxy) is 1. The summed E-state index contributed by atoms with van der Waals surface area (Å²) in [6, 6.07) is 0.806. The van der Waals surface area contributed by atoms with E-state index in [4.69, 9.17) is 14.6 Å². The molecule has 2 rings (SSSR count). The molecule has 0 atom stereocenters. The highest BCUT2D eigenvalue weighted by molar-refractivity contribution is 5.73. The summed E-state index contributed by atoms with van der Waals surface area (Å²) in [4.78, 5) is 11.5. The Balaban J connectivity index is 0.000000224. The molecule has 0 amide bonds. The largest absolute Gasteiger partial charge is 0.490 e. The van der Waals surface area contributed by atoms with E-state index >= 15 is 0 Å². The molecule has 0 saturated carbocycles. The van der Waals surface area contributed by atoms with Crippen LogP contribution < -0.4 is 5.32 Å². The minimum absolute atomic E-state index is 0.806. The lowest BCUT2D eigenvalue weighted by molar-refractivity contribution is -0.192. The molecule has 2 aliphatic heterocycles. The fourth-order valence-electron chi connectivity index (χ4n) is 2.10. The summed E-state index contributed by atoms with van der Waals surface area (Å²) in [5.74, 6) is -2.76. The van der Waals surface area contributed by atoms with Crippen molar-refractivity contribution in [2.24, 2.45) is 0 Å². The van der Waals surface area contributed by atoms with Crippen molar-refractivity contribution in [2.75, 3.05) is 39.4 Å². The lowest BCUT2D eigenvalue weighted by Crippen LogP contribution is -2.49. The molecule has 0 aromatic carbocycles. The number of rotatable bonds is 1. The van der Waals surface area contributed by atoms with Gasteiger partial charge in [-0.1, -0.05) is 0 Å². The Morgan fingerprint density at radius 2 is 1.68 bits per heavy atom. The molecule has 112 valence electrons. The molecule has 0 unspecified atom stereocenters. The fourth-order valence-corrected chi connectivity index (χ4v) is 2.10. The number of piperazine rings is 1. The summed E-state index contributed by atoms with van der Waals surface area (Å²) in [5.41, 5.74) is 0. The molecule has 5 nitrogen and oxygen atoms in total. The van der Waals surface area contributed by atoms with E-state index in [0.29, 0.717) is 0 Å². The van der Waals surface area contributed by atoms with E-state index in [0.717, 1.165) is 32.3 Å². The Bertz CT molecular complexity index is 259. The minimum Gasteiger partial charge on any atom is -0.475 e. The number of alkyl halides is 3. The maximum Gasteiger partial charge on any atom is 0.490 e. The van der Waals surface area contributed by atoms with Crippen molar-refractivity contribution in [3.8, 4) is 0 Å². The van der Waals surface area contributed by atoms with Crippen LogP contribution in [0.3, 0.4) is 0 Å². The van der Waals surface area contributed by atoms with Gasteiger partial charge in [-0.05, 0) is 12.8 Å². The van der Waals surface area contributed by atoms with Crippen LogP contribution in [0.5, 0.6) is 0 Å². The van der Waals surface area contributed by atoms with Crippen LogP contribution in [-0.4, -0.2) is 67.6 Å². The molecule has 19 heavy (non-hydrogen) atoms. The zero-order valence-electron chi connectivity index (χ0n) is 10.6. The summed E-state index contributed by atoms with van der Waals surface area (Å²) >= 11 is 0. The van der Waals surface area contributed by atoms with Crippen molar-refractivity contribution in [2.45, 2.75) is 25.1 Å². The van der Waals surface area contributed by atoms with Crippen LogP contribution in [0.1, 0.15) is 12.8 Å². The fraction of sp³-hybridized carbons (Fsp3) is 0.909. The molecular formula is C11H19F3N2O3. The third-order valence-corrected chi connectivity index (χ3v) is 3.10. The molecule has 2 fully saturated rings. The molecule has 0 aromatic heterocycles. The molecular weight excluding hydrogens is 265 g/mol. The van der Waals surface area contributed by atoms with Crippen molar-refractivity contribution in [3.05, 3.63) is 0 Å². The van der Waals surface area contributed by atoms with E-state index < -0.39 is 12.1 Å². The van der Waals surface area contributed by atoms with E-state index in [1.165, 1.54) is 25.9 Å². The van der Waals surface area contributed by atoms with Gasteiger partial charge in [0.1, 0.15) is 0 Å². The molecule has 2 heterocycles. The first kappa shape index (κ1) is 16.2. The molecule has 0 aromatic rings. The highest BCUT2D eigenvalue weighted by atomic mass is 19.4. The van der Waals surface area contributed by atoms with Crippen molar-refractivity contribution < 1.29 is 27.8 Å². The van der Waals surface area contributed by atoms with E-state index in [-0.39, 0.29) is 0 Å². The van der Waals surface area contributed by atoms with Gasteiger partial charge in [0.05, 0.1) is 0 Å². The van der Waals surface area contributed by atoms with Crippen LogP contribution >= 0.6 is 0 Å². The zero-order valence-corrected chi connectivity index (χ0v) is 10.6. The normalized spacial score (nSPS) is 22.5. The summed E-state index contributed by atoms with van der Waals surface area (Å²) in [7, 11) is 0. The van der Waals surface area contributed by atoms with Gasteiger partial charge in [-0.3, -0.25) is 4.90 Å². The molecule has 2 N–H and O–H groups in total. The quantitative estimate of drug-likeness (QED) is 0.742. The van der Waals surface area contributed by atoms with Gasteiger partial charge >= 0.3 is 12.1 Å². The molecule has 0 radical (unpaired) electrons. The van der Waals surface area contributed by atoms with Gasteiger partial charge in [-0.2, -0.15) is 13.2 Å². The second-order valence-corrected chi connectivity index (χ2v) is 4.43. The number of carbonyl (C=O) groups is 1. The Labute approximate surface area is 109 Å². The molecule has 0 spiro atoms. The van der Waals surface area contributed by atoms with Crippen LogP contribution in [0.25, 0.3) is 0 Å². The van der Waals surface area contributed by atoms with Crippen LogP contribution in [0.4, 0.5) is 13.2 Å². The maximum absolute atomic E-state index is 10.6. The number of hydrogen-bond acceptors (Lipinski definition) is 4. The van der Waals surface area contributed by atoms with E-state index in [9.17, 15) is 13.2 Å². The third kappa shape index (κ3) is 6.22. The van der Waals surface area contributed by atoms with Crippen molar-refractivity contribution >= 4 is 5.97 Å². The van der Waals surface area contributed by atoms with Gasteiger partial charge in [0.15, 0.2) is 0 Å². The third-order valence-electron chi connectivity index (χ3n) is 3.10. The standard InChI is InChI=1S/C9H18N2O.C2HF3O2/c1-7-12-8-2-9(1)11-5-3-10-4-6-11;3-2(4,5)1(6)7/h9-10H,1-8H2;(H,6,7). The molecule has 2 aliphatic rings. The second kappa shape index (κ2) is 7.66. The highest BCUT2D eigenvalue weighted by Gasteiger charge is 2.38. The molecule has 2 saturated heterocycles. The van der Waals surface area contributed by atoms with Gasteiger partial charge in [-0.25, -0.2) is 4.79 Å². The van der Waals surface area contributed by atoms with E-state index in [2.05, 4.69) is 10.2 Å². The lowest BCUT2D eigenvalue weighted by Gasteiger charge is -2.36. The Hall–Kier alpha value is -0.860. The van der Waals surface area contributed by atoms with Gasteiger partial charge in [0.2, 0.25) is 0 Å². The smallest absolute Gasteiger partial charge is 0.475 e. The predicted molar refractivity (Wildman–Crippen MR) is 62.0 cm³/mol. The van der Waals surface area contributed by atoms with Gasteiger partial charge in [0.25, 0.3) is 0 Å². The lowest BCUT2D eigenvalue weighted by atomic mass is 10.1. The topological polar surface area (TPSA) is 61.8 Å². The number of nitrogens with zero attached hydrogens (tertiary/aromatic N) is 1. The number of carboxylic acids is 1. The molecule has 0 bridgehead atoms. The predicted octanol–water partition coefficient (Wildman–Crippen LogP) is 0.704. The zero-order chi connectivity index (χ0) is 14.3. The van der Waals surface area contributed by atoms with Crippen molar-refractivity contribution in [1.82, 2.24) is 10.2 Å². The Morgan fingerprint density at radius 1 is 1.21 bits per heavy atom. The van der Waals surface area contributed by atoms with Crippen molar-refractivity contribution in [1.29, 1.82) is 0 Å². The number of nitrogens with one attached hydrogen (secondary N) is 1. The number of hydrogen-bond donors (Lipinski definition) is 2. The monoisotopic (exact) mass is 284 g/mol. The first-order chi connectivity index (χ1) is 8.91. The van der Waals surface area contributed by atoms with Crippen LogP contribution in [0.2, 0.25) is 0 Å². The first-order valence-electron chi connectivity index (χ1n) is 6.24. The number of carboxylic acid groups (broad SMARTS) is 1. The van der Waals surface area contributed by atoms with Gasteiger partial charge in [-0.15, -0.1) is 0 Å². The first-order valence-corrected chi connectivity index (χ1v) is 6.24. The second-order valence-electron chi connectivity index (χ2n) is 4.43. The SMILES string of the molecule is C1CN(C2CCOCC2)CCN1.O=C(O)C(F)(F)F. The summed E-state index contributed by atoms with van der Waals surface area (Å²) in [5, 5.41) is 10.5. The van der Waals surface area contributed by atoms with E-state index in [1.807, 2.05) is 0 Å². The number of aliphatic carboxylic acids is 1. The van der Waals surface area contributed by atoms with E-state index in [1.54, 1.807) is 0 Å². The van der Waals surface area contributed by atoms with Crippen LogP contribution in [0, 0.1) is 0 Å². The molecule has 0 aliphatic carbocycles. The van der Waals surface area contributed by atoms with Crippen molar-refractivity contribution in [3.63, 3.8) is 0 Å². The highest BCUT2D eigenvalue weighted by Crippen LogP contribution is 2.14. The van der Waals surface area contributed by atoms with Gasteiger partial charge < -0.3 is 15.2 Å². The van der Waals surface area contributed by atoms with Crippen LogP contribution in [-0.2, 0) is 9.53 Å². The van der Waals surface area contributed by atoms with Gasteiger partial charge in [0, 0.05) is 45.4 Å².